The third-order valence-electron chi connectivity index (χ3n) is 3.08. The zero-order chi connectivity index (χ0) is 16.8. The van der Waals surface area contributed by atoms with Crippen LogP contribution in [-0.4, -0.2) is 17.1 Å². The Balaban J connectivity index is 2.27. The van der Waals surface area contributed by atoms with E-state index in [0.717, 1.165) is 15.8 Å². The maximum atomic E-state index is 12.3. The summed E-state index contributed by atoms with van der Waals surface area (Å²) in [6, 6.07) is 10.6. The summed E-state index contributed by atoms with van der Waals surface area (Å²) < 4.78 is 6.65. The number of amides is 1. The lowest BCUT2D eigenvalue weighted by atomic mass is 10.2. The van der Waals surface area contributed by atoms with E-state index >= 15 is 0 Å². The quantitative estimate of drug-likeness (QED) is 0.624. The predicted molar refractivity (Wildman–Crippen MR) is 88.8 cm³/mol. The van der Waals surface area contributed by atoms with Crippen LogP contribution in [0.5, 0.6) is 5.75 Å². The molecule has 0 unspecified atom stereocenters. The van der Waals surface area contributed by atoms with E-state index < -0.39 is 11.3 Å². The summed E-state index contributed by atoms with van der Waals surface area (Å²) in [6.45, 7) is 5.96. The topological polar surface area (TPSA) is 86.3 Å². The molecule has 1 amide bonds. The number of carbonyl (C=O) groups excluding carboxylic acids is 1. The van der Waals surface area contributed by atoms with Gasteiger partial charge in [0.15, 0.2) is 11.4 Å². The molecule has 0 aliphatic carbocycles. The summed E-state index contributed by atoms with van der Waals surface area (Å²) in [6.07, 6.45) is 1.33. The number of carbonyl (C=O) groups is 1. The molecular weight excluding hydrogens is 294 g/mol. The monoisotopic (exact) mass is 313 g/mol. The molecule has 1 aromatic carbocycles. The van der Waals surface area contributed by atoms with E-state index in [1.54, 1.807) is 6.92 Å². The Morgan fingerprint density at radius 2 is 2.00 bits per heavy atom. The van der Waals surface area contributed by atoms with E-state index in [4.69, 9.17) is 10.6 Å². The fourth-order valence-electron chi connectivity index (χ4n) is 1.94. The number of benzene rings is 1. The van der Waals surface area contributed by atoms with Gasteiger partial charge in [-0.2, -0.15) is 0 Å². The number of nitrogens with two attached hydrogens (primary N) is 1. The average Bonchev–Trinajstić information content (AvgIpc) is 2.54. The second-order valence-corrected chi connectivity index (χ2v) is 5.18. The molecule has 6 nitrogen and oxygen atoms in total. The lowest BCUT2D eigenvalue weighted by Crippen LogP contribution is -2.33. The molecule has 0 atom stereocenters. The molecule has 1 heterocycles. The average molecular weight is 313 g/mol. The lowest BCUT2D eigenvalue weighted by molar-refractivity contribution is 0.0943. The van der Waals surface area contributed by atoms with Crippen LogP contribution >= 0.6 is 0 Å². The minimum Gasteiger partial charge on any atom is -0.482 e. The van der Waals surface area contributed by atoms with Gasteiger partial charge < -0.3 is 15.9 Å². The number of rotatable bonds is 6. The summed E-state index contributed by atoms with van der Waals surface area (Å²) in [5.41, 5.74) is 1.25. The highest BCUT2D eigenvalue weighted by Crippen LogP contribution is 2.14. The Morgan fingerprint density at radius 1 is 1.30 bits per heavy atom. The molecule has 23 heavy (non-hydrogen) atoms. The van der Waals surface area contributed by atoms with Crippen LogP contribution in [0.2, 0.25) is 0 Å². The van der Waals surface area contributed by atoms with Crippen LogP contribution in [0.1, 0.15) is 23.0 Å². The molecule has 3 N–H and O–H groups in total. The SMILES string of the molecule is C=C(C)CNC(=O)c1c(OCc2ccccc2)c(=O)ccn1N. The number of pyridine rings is 1. The van der Waals surface area contributed by atoms with Crippen molar-refractivity contribution in [3.63, 3.8) is 0 Å². The first kappa shape index (κ1) is 16.4. The summed E-state index contributed by atoms with van der Waals surface area (Å²) in [7, 11) is 0. The van der Waals surface area contributed by atoms with E-state index in [-0.39, 0.29) is 18.1 Å². The van der Waals surface area contributed by atoms with Gasteiger partial charge in [0.25, 0.3) is 5.91 Å². The van der Waals surface area contributed by atoms with E-state index in [1.807, 2.05) is 30.3 Å². The van der Waals surface area contributed by atoms with Crippen molar-refractivity contribution >= 4 is 5.91 Å². The highest BCUT2D eigenvalue weighted by Gasteiger charge is 2.19. The molecule has 0 saturated heterocycles. The van der Waals surface area contributed by atoms with Crippen molar-refractivity contribution in [2.45, 2.75) is 13.5 Å². The molecule has 0 fully saturated rings. The van der Waals surface area contributed by atoms with E-state index in [0.29, 0.717) is 6.54 Å². The van der Waals surface area contributed by atoms with Crippen LogP contribution in [-0.2, 0) is 6.61 Å². The van der Waals surface area contributed by atoms with Crippen molar-refractivity contribution < 1.29 is 9.53 Å². The fraction of sp³-hybridized carbons (Fsp3) is 0.176. The highest BCUT2D eigenvalue weighted by molar-refractivity contribution is 5.95. The molecular formula is C17H19N3O3. The second kappa shape index (κ2) is 7.31. The minimum atomic E-state index is -0.490. The largest absolute Gasteiger partial charge is 0.482 e. The van der Waals surface area contributed by atoms with Gasteiger partial charge in [-0.3, -0.25) is 14.3 Å². The van der Waals surface area contributed by atoms with Crippen molar-refractivity contribution in [1.82, 2.24) is 9.99 Å². The second-order valence-electron chi connectivity index (χ2n) is 5.18. The number of aromatic nitrogens is 1. The molecule has 120 valence electrons. The molecule has 0 radical (unpaired) electrons. The van der Waals surface area contributed by atoms with Gasteiger partial charge in [-0.25, -0.2) is 0 Å². The zero-order valence-corrected chi connectivity index (χ0v) is 12.9. The van der Waals surface area contributed by atoms with Crippen LogP contribution in [0.15, 0.2) is 59.5 Å². The normalized spacial score (nSPS) is 10.1. The summed E-state index contributed by atoms with van der Waals surface area (Å²) >= 11 is 0. The Morgan fingerprint density at radius 3 is 2.65 bits per heavy atom. The van der Waals surface area contributed by atoms with Gasteiger partial charge in [0.1, 0.15) is 6.61 Å². The van der Waals surface area contributed by atoms with Crippen molar-refractivity contribution in [2.75, 3.05) is 12.4 Å². The zero-order valence-electron chi connectivity index (χ0n) is 12.9. The van der Waals surface area contributed by atoms with Gasteiger partial charge >= 0.3 is 0 Å². The van der Waals surface area contributed by atoms with Gasteiger partial charge in [0, 0.05) is 18.8 Å². The predicted octanol–water partition coefficient (Wildman–Crippen LogP) is 1.45. The van der Waals surface area contributed by atoms with Crippen molar-refractivity contribution in [3.8, 4) is 5.75 Å². The molecule has 2 rings (SSSR count). The third kappa shape index (κ3) is 4.23. The van der Waals surface area contributed by atoms with E-state index in [1.165, 1.54) is 12.3 Å². The maximum absolute atomic E-state index is 12.3. The van der Waals surface area contributed by atoms with Gasteiger partial charge in [-0.1, -0.05) is 42.5 Å². The Hall–Kier alpha value is -3.02. The minimum absolute atomic E-state index is 0.0188. The first-order valence-corrected chi connectivity index (χ1v) is 7.09. The van der Waals surface area contributed by atoms with Crippen LogP contribution in [0.3, 0.4) is 0 Å². The molecule has 0 aliphatic rings. The Bertz CT molecular complexity index is 766. The molecule has 1 aromatic heterocycles. The van der Waals surface area contributed by atoms with Gasteiger partial charge in [-0.15, -0.1) is 0 Å². The van der Waals surface area contributed by atoms with E-state index in [2.05, 4.69) is 11.9 Å². The van der Waals surface area contributed by atoms with Gasteiger partial charge in [0.05, 0.1) is 0 Å². The molecule has 6 heteroatoms. The molecule has 0 saturated carbocycles. The van der Waals surface area contributed by atoms with Crippen molar-refractivity contribution in [3.05, 3.63) is 76.2 Å². The van der Waals surface area contributed by atoms with Gasteiger partial charge in [0.2, 0.25) is 5.43 Å². The number of ether oxygens (including phenoxy) is 1. The molecule has 2 aromatic rings. The molecule has 0 aliphatic heterocycles. The summed E-state index contributed by atoms with van der Waals surface area (Å²) in [5, 5.41) is 2.65. The highest BCUT2D eigenvalue weighted by atomic mass is 16.5. The Kier molecular flexibility index (Phi) is 5.19. The van der Waals surface area contributed by atoms with Crippen LogP contribution in [0.4, 0.5) is 0 Å². The van der Waals surface area contributed by atoms with Crippen molar-refractivity contribution in [2.24, 2.45) is 0 Å². The lowest BCUT2D eigenvalue weighted by Gasteiger charge is -2.14. The maximum Gasteiger partial charge on any atom is 0.274 e. The number of hydrogen-bond acceptors (Lipinski definition) is 4. The van der Waals surface area contributed by atoms with Crippen LogP contribution < -0.4 is 21.3 Å². The summed E-state index contributed by atoms with van der Waals surface area (Å²) in [4.78, 5) is 24.3. The Labute approximate surface area is 134 Å². The van der Waals surface area contributed by atoms with E-state index in [9.17, 15) is 9.59 Å². The van der Waals surface area contributed by atoms with Crippen molar-refractivity contribution in [1.29, 1.82) is 0 Å². The third-order valence-corrected chi connectivity index (χ3v) is 3.08. The fourth-order valence-corrected chi connectivity index (χ4v) is 1.94. The summed E-state index contributed by atoms with van der Waals surface area (Å²) in [5.74, 6) is 5.22. The number of nitrogen functional groups attached to an aromatic ring is 1. The first-order valence-electron chi connectivity index (χ1n) is 7.09. The number of nitrogens with zero attached hydrogens (tertiary/aromatic N) is 1. The smallest absolute Gasteiger partial charge is 0.274 e. The van der Waals surface area contributed by atoms with Gasteiger partial charge in [-0.05, 0) is 12.5 Å². The number of hydrogen-bond donors (Lipinski definition) is 2. The van der Waals surface area contributed by atoms with Crippen LogP contribution in [0.25, 0.3) is 0 Å². The van der Waals surface area contributed by atoms with Crippen LogP contribution in [0, 0.1) is 0 Å². The first-order chi connectivity index (χ1) is 11.0. The molecule has 0 bridgehead atoms. The molecule has 0 spiro atoms. The number of nitrogens with one attached hydrogen (secondary N) is 1. The standard InChI is InChI=1S/C17H19N3O3/c1-12(2)10-19-17(22)15-16(14(21)8-9-20(15)18)23-11-13-6-4-3-5-7-13/h3-9H,1,10-11,18H2,2H3,(H,19,22).